The van der Waals surface area contributed by atoms with Crippen LogP contribution in [0.4, 0.5) is 5.69 Å². The summed E-state index contributed by atoms with van der Waals surface area (Å²) in [5.74, 6) is 0.481. The van der Waals surface area contributed by atoms with Crippen LogP contribution in [0, 0.1) is 6.92 Å². The average molecular weight is 284 g/mol. The monoisotopic (exact) mass is 284 g/mol. The van der Waals surface area contributed by atoms with Crippen molar-refractivity contribution in [3.63, 3.8) is 0 Å². The molecule has 3 heteroatoms. The summed E-state index contributed by atoms with van der Waals surface area (Å²) in [7, 11) is 0. The van der Waals surface area contributed by atoms with Gasteiger partial charge in [0.1, 0.15) is 17.6 Å². The molecule has 1 aliphatic carbocycles. The van der Waals surface area contributed by atoms with E-state index in [0.29, 0.717) is 5.92 Å². The Morgan fingerprint density at radius 1 is 1.24 bits per heavy atom. The molecule has 0 spiro atoms. The molecule has 0 N–H and O–H groups in total. The molecule has 0 fully saturated rings. The molecule has 0 saturated heterocycles. The standard InChI is InChI=1S/C18H24N2O/c1-4-20(5-2)17-12-21-19-18(17)16-9-8-14-10-13(3)6-7-15(14)11-16/h6-7,10,12,16H,4-5,8-9,11H2,1-3H3. The lowest BCUT2D eigenvalue weighted by molar-refractivity contribution is 0.399. The third kappa shape index (κ3) is 2.69. The highest BCUT2D eigenvalue weighted by molar-refractivity contribution is 5.50. The second-order valence-corrected chi connectivity index (χ2v) is 5.97. The van der Waals surface area contributed by atoms with Crippen LogP contribution >= 0.6 is 0 Å². The third-order valence-corrected chi connectivity index (χ3v) is 4.66. The number of hydrogen-bond acceptors (Lipinski definition) is 3. The van der Waals surface area contributed by atoms with E-state index < -0.39 is 0 Å². The molecule has 1 unspecified atom stereocenters. The Labute approximate surface area is 126 Å². The topological polar surface area (TPSA) is 29.3 Å². The van der Waals surface area contributed by atoms with Crippen molar-refractivity contribution in [1.29, 1.82) is 0 Å². The highest BCUT2D eigenvalue weighted by atomic mass is 16.5. The zero-order chi connectivity index (χ0) is 14.8. The molecular formula is C18H24N2O. The van der Waals surface area contributed by atoms with Crippen LogP contribution in [0.15, 0.2) is 29.0 Å². The Kier molecular flexibility index (Phi) is 4.00. The molecule has 1 heterocycles. The van der Waals surface area contributed by atoms with Crippen molar-refractivity contribution < 1.29 is 4.52 Å². The molecule has 3 rings (SSSR count). The lowest BCUT2D eigenvalue weighted by Crippen LogP contribution is -2.24. The van der Waals surface area contributed by atoms with Crippen LogP contribution in [0.3, 0.4) is 0 Å². The van der Waals surface area contributed by atoms with E-state index in [1.165, 1.54) is 22.4 Å². The summed E-state index contributed by atoms with van der Waals surface area (Å²) in [5.41, 5.74) is 6.67. The van der Waals surface area contributed by atoms with E-state index in [2.05, 4.69) is 49.0 Å². The maximum atomic E-state index is 5.30. The second-order valence-electron chi connectivity index (χ2n) is 5.97. The lowest BCUT2D eigenvalue weighted by atomic mass is 9.81. The van der Waals surface area contributed by atoms with Gasteiger partial charge in [0, 0.05) is 19.0 Å². The molecule has 1 aromatic heterocycles. The van der Waals surface area contributed by atoms with Crippen LogP contribution in [0.1, 0.15) is 48.6 Å². The molecule has 1 aromatic carbocycles. The quantitative estimate of drug-likeness (QED) is 0.846. The summed E-state index contributed by atoms with van der Waals surface area (Å²) in [5, 5.41) is 4.33. The van der Waals surface area contributed by atoms with Gasteiger partial charge in [-0.25, -0.2) is 0 Å². The van der Waals surface area contributed by atoms with Gasteiger partial charge >= 0.3 is 0 Å². The van der Waals surface area contributed by atoms with Gasteiger partial charge < -0.3 is 9.42 Å². The first-order valence-electron chi connectivity index (χ1n) is 8.00. The Bertz CT molecular complexity index is 613. The van der Waals surface area contributed by atoms with Crippen molar-refractivity contribution in [3.8, 4) is 0 Å². The number of aromatic nitrogens is 1. The Morgan fingerprint density at radius 2 is 2.05 bits per heavy atom. The molecule has 112 valence electrons. The van der Waals surface area contributed by atoms with E-state index >= 15 is 0 Å². The van der Waals surface area contributed by atoms with Crippen LogP contribution < -0.4 is 4.90 Å². The van der Waals surface area contributed by atoms with Crippen LogP contribution in [0.5, 0.6) is 0 Å². The molecule has 2 aromatic rings. The minimum atomic E-state index is 0.481. The molecular weight excluding hydrogens is 260 g/mol. The third-order valence-electron chi connectivity index (χ3n) is 4.66. The van der Waals surface area contributed by atoms with Gasteiger partial charge in [-0.3, -0.25) is 0 Å². The van der Waals surface area contributed by atoms with E-state index in [9.17, 15) is 0 Å². The average Bonchev–Trinajstić information content (AvgIpc) is 2.97. The molecule has 0 aliphatic heterocycles. The van der Waals surface area contributed by atoms with Crippen molar-refractivity contribution >= 4 is 5.69 Å². The number of aryl methyl sites for hydroxylation is 2. The Morgan fingerprint density at radius 3 is 2.81 bits per heavy atom. The van der Waals surface area contributed by atoms with Gasteiger partial charge in [0.05, 0.1) is 0 Å². The van der Waals surface area contributed by atoms with Crippen LogP contribution in [-0.4, -0.2) is 18.2 Å². The van der Waals surface area contributed by atoms with E-state index in [1.807, 2.05) is 6.26 Å². The number of hydrogen-bond donors (Lipinski definition) is 0. The molecule has 0 amide bonds. The number of rotatable bonds is 4. The molecule has 21 heavy (non-hydrogen) atoms. The van der Waals surface area contributed by atoms with Gasteiger partial charge in [0.2, 0.25) is 0 Å². The van der Waals surface area contributed by atoms with E-state index in [4.69, 9.17) is 4.52 Å². The zero-order valence-electron chi connectivity index (χ0n) is 13.2. The summed E-state index contributed by atoms with van der Waals surface area (Å²) >= 11 is 0. The molecule has 0 radical (unpaired) electrons. The largest absolute Gasteiger partial charge is 0.368 e. The van der Waals surface area contributed by atoms with Gasteiger partial charge in [-0.1, -0.05) is 28.9 Å². The number of benzene rings is 1. The van der Waals surface area contributed by atoms with Crippen molar-refractivity contribution in [1.82, 2.24) is 5.16 Å². The van der Waals surface area contributed by atoms with Gasteiger partial charge in [0.15, 0.2) is 0 Å². The predicted octanol–water partition coefficient (Wildman–Crippen LogP) is 4.10. The summed E-state index contributed by atoms with van der Waals surface area (Å²) in [6.07, 6.45) is 5.20. The van der Waals surface area contributed by atoms with Gasteiger partial charge in [-0.15, -0.1) is 0 Å². The fourth-order valence-electron chi connectivity index (χ4n) is 3.44. The van der Waals surface area contributed by atoms with Gasteiger partial charge in [-0.2, -0.15) is 0 Å². The normalized spacial score (nSPS) is 17.6. The molecule has 0 bridgehead atoms. The maximum Gasteiger partial charge on any atom is 0.147 e. The summed E-state index contributed by atoms with van der Waals surface area (Å²) in [4.78, 5) is 2.33. The highest BCUT2D eigenvalue weighted by Gasteiger charge is 2.26. The van der Waals surface area contributed by atoms with Gasteiger partial charge in [-0.05, 0) is 51.2 Å². The lowest BCUT2D eigenvalue weighted by Gasteiger charge is -2.26. The molecule has 1 atom stereocenters. The van der Waals surface area contributed by atoms with Crippen molar-refractivity contribution in [2.24, 2.45) is 0 Å². The Hall–Kier alpha value is -1.77. The SMILES string of the molecule is CCN(CC)c1conc1C1CCc2cc(C)ccc2C1. The molecule has 3 nitrogen and oxygen atoms in total. The van der Waals surface area contributed by atoms with E-state index in [0.717, 1.165) is 38.0 Å². The fourth-order valence-corrected chi connectivity index (χ4v) is 3.44. The first kappa shape index (κ1) is 14.2. The molecule has 1 aliphatic rings. The smallest absolute Gasteiger partial charge is 0.147 e. The number of anilines is 1. The second kappa shape index (κ2) is 5.92. The zero-order valence-corrected chi connectivity index (χ0v) is 13.2. The van der Waals surface area contributed by atoms with Crippen LogP contribution in [0.2, 0.25) is 0 Å². The predicted molar refractivity (Wildman–Crippen MR) is 86.0 cm³/mol. The summed E-state index contributed by atoms with van der Waals surface area (Å²) < 4.78 is 5.30. The minimum Gasteiger partial charge on any atom is -0.368 e. The van der Waals surface area contributed by atoms with E-state index in [1.54, 1.807) is 0 Å². The first-order chi connectivity index (χ1) is 10.2. The van der Waals surface area contributed by atoms with Crippen molar-refractivity contribution in [3.05, 3.63) is 46.8 Å². The summed E-state index contributed by atoms with van der Waals surface area (Å²) in [6, 6.07) is 6.84. The van der Waals surface area contributed by atoms with Gasteiger partial charge in [0.25, 0.3) is 0 Å². The van der Waals surface area contributed by atoms with Crippen molar-refractivity contribution in [2.45, 2.75) is 46.0 Å². The Balaban J connectivity index is 1.87. The number of nitrogens with zero attached hydrogens (tertiary/aromatic N) is 2. The summed E-state index contributed by atoms with van der Waals surface area (Å²) in [6.45, 7) is 8.52. The number of fused-ring (bicyclic) bond motifs is 1. The maximum absolute atomic E-state index is 5.30. The highest BCUT2D eigenvalue weighted by Crippen LogP contribution is 2.36. The minimum absolute atomic E-state index is 0.481. The van der Waals surface area contributed by atoms with E-state index in [-0.39, 0.29) is 0 Å². The van der Waals surface area contributed by atoms with Crippen LogP contribution in [0.25, 0.3) is 0 Å². The molecule has 0 saturated carbocycles. The first-order valence-corrected chi connectivity index (χ1v) is 8.00. The van der Waals surface area contributed by atoms with Crippen molar-refractivity contribution in [2.75, 3.05) is 18.0 Å². The fraction of sp³-hybridized carbons (Fsp3) is 0.500. The van der Waals surface area contributed by atoms with Crippen LogP contribution in [-0.2, 0) is 12.8 Å².